The summed E-state index contributed by atoms with van der Waals surface area (Å²) in [4.78, 5) is 0. The molecule has 1 aromatic carbocycles. The molecule has 1 aromatic rings. The number of hydrogen-bond donors (Lipinski definition) is 1. The minimum Gasteiger partial charge on any atom is -0.489 e. The van der Waals surface area contributed by atoms with Crippen LogP contribution in [-0.2, 0) is 6.42 Å². The third-order valence-electron chi connectivity index (χ3n) is 1.98. The fraction of sp³-hybridized carbons (Fsp3) is 0.333. The zero-order valence-electron chi connectivity index (χ0n) is 8.74. The Bertz CT molecular complexity index is 317. The van der Waals surface area contributed by atoms with Gasteiger partial charge in [0.15, 0.2) is 0 Å². The Morgan fingerprint density at radius 2 is 2.07 bits per heavy atom. The van der Waals surface area contributed by atoms with Crippen LogP contribution in [0.1, 0.15) is 12.5 Å². The number of halogens is 1. The highest BCUT2D eigenvalue weighted by atomic mass is 35.5. The number of ether oxygens (including phenoxy) is 1. The quantitative estimate of drug-likeness (QED) is 0.837. The molecule has 0 spiro atoms. The highest BCUT2D eigenvalue weighted by Crippen LogP contribution is 2.13. The first-order valence-corrected chi connectivity index (χ1v) is 5.28. The van der Waals surface area contributed by atoms with Crippen molar-refractivity contribution in [2.75, 3.05) is 13.2 Å². The molecule has 15 heavy (non-hydrogen) atoms. The molecule has 3 heteroatoms. The van der Waals surface area contributed by atoms with E-state index in [1.165, 1.54) is 5.54 Å². The van der Waals surface area contributed by atoms with Crippen LogP contribution in [0.3, 0.4) is 0 Å². The summed E-state index contributed by atoms with van der Waals surface area (Å²) in [6.07, 6.45) is 0.681. The number of benzene rings is 1. The molecule has 0 saturated carbocycles. The minimum absolute atomic E-state index is 0.175. The van der Waals surface area contributed by atoms with E-state index in [2.05, 4.69) is 0 Å². The van der Waals surface area contributed by atoms with E-state index in [1.54, 1.807) is 0 Å². The van der Waals surface area contributed by atoms with Crippen LogP contribution >= 0.6 is 11.6 Å². The van der Waals surface area contributed by atoms with Crippen LogP contribution in [0.5, 0.6) is 5.75 Å². The summed E-state index contributed by atoms with van der Waals surface area (Å²) in [7, 11) is 0. The Morgan fingerprint density at radius 1 is 1.40 bits per heavy atom. The van der Waals surface area contributed by atoms with Crippen LogP contribution in [0.2, 0.25) is 0 Å². The summed E-state index contributed by atoms with van der Waals surface area (Å²) < 4.78 is 5.48. The van der Waals surface area contributed by atoms with Gasteiger partial charge < -0.3 is 9.84 Å². The van der Waals surface area contributed by atoms with Gasteiger partial charge in [-0.05, 0) is 36.6 Å². The van der Waals surface area contributed by atoms with Crippen molar-refractivity contribution in [3.8, 4) is 5.75 Å². The summed E-state index contributed by atoms with van der Waals surface area (Å²) in [6.45, 7) is 2.59. The standard InChI is InChI=1S/C12H15ClO2/c1-10(8-13)9-15-12-4-2-11(3-5-12)6-7-14/h2-5,8,14H,6-7,9H2,1H3/b10-8-. The van der Waals surface area contributed by atoms with E-state index >= 15 is 0 Å². The molecule has 2 nitrogen and oxygen atoms in total. The van der Waals surface area contributed by atoms with Gasteiger partial charge in [0.25, 0.3) is 0 Å². The lowest BCUT2D eigenvalue weighted by Crippen LogP contribution is -1.98. The lowest BCUT2D eigenvalue weighted by Gasteiger charge is -2.06. The maximum absolute atomic E-state index is 8.74. The molecular weight excluding hydrogens is 212 g/mol. The molecule has 0 aromatic heterocycles. The van der Waals surface area contributed by atoms with Crippen LogP contribution in [0.4, 0.5) is 0 Å². The molecule has 0 aliphatic heterocycles. The van der Waals surface area contributed by atoms with Crippen molar-refractivity contribution in [3.63, 3.8) is 0 Å². The van der Waals surface area contributed by atoms with Gasteiger partial charge in [0, 0.05) is 12.1 Å². The van der Waals surface area contributed by atoms with Crippen LogP contribution in [0, 0.1) is 0 Å². The van der Waals surface area contributed by atoms with Crippen molar-refractivity contribution in [3.05, 3.63) is 40.9 Å². The second-order valence-corrected chi connectivity index (χ2v) is 3.58. The van der Waals surface area contributed by atoms with Gasteiger partial charge in [-0.1, -0.05) is 23.7 Å². The average Bonchev–Trinajstić information content (AvgIpc) is 2.28. The highest BCUT2D eigenvalue weighted by Gasteiger charge is 1.95. The lowest BCUT2D eigenvalue weighted by atomic mass is 10.1. The summed E-state index contributed by atoms with van der Waals surface area (Å²) in [5.74, 6) is 0.814. The molecule has 82 valence electrons. The molecule has 0 aliphatic carbocycles. The molecule has 1 rings (SSSR count). The van der Waals surface area contributed by atoms with E-state index in [9.17, 15) is 0 Å². The molecule has 0 aliphatic rings. The zero-order chi connectivity index (χ0) is 11.1. The number of aliphatic hydroxyl groups excluding tert-OH is 1. The third kappa shape index (κ3) is 4.36. The average molecular weight is 227 g/mol. The molecule has 0 fully saturated rings. The molecular formula is C12H15ClO2. The molecule has 0 amide bonds. The van der Waals surface area contributed by atoms with Crippen molar-refractivity contribution in [1.82, 2.24) is 0 Å². The normalized spacial score (nSPS) is 11.5. The Morgan fingerprint density at radius 3 is 2.60 bits per heavy atom. The Labute approximate surface area is 95.1 Å². The lowest BCUT2D eigenvalue weighted by molar-refractivity contribution is 0.299. The summed E-state index contributed by atoms with van der Waals surface area (Å²) in [6, 6.07) is 7.69. The van der Waals surface area contributed by atoms with Gasteiger partial charge in [-0.3, -0.25) is 0 Å². The van der Waals surface area contributed by atoms with Crippen LogP contribution in [-0.4, -0.2) is 18.3 Å². The topological polar surface area (TPSA) is 29.5 Å². The zero-order valence-corrected chi connectivity index (χ0v) is 9.50. The summed E-state index contributed by atoms with van der Waals surface area (Å²) >= 11 is 5.51. The van der Waals surface area contributed by atoms with Gasteiger partial charge >= 0.3 is 0 Å². The predicted octanol–water partition coefficient (Wildman–Crippen LogP) is 2.74. The van der Waals surface area contributed by atoms with Crippen molar-refractivity contribution in [2.45, 2.75) is 13.3 Å². The minimum atomic E-state index is 0.175. The molecule has 0 atom stereocenters. The van der Waals surface area contributed by atoms with Crippen molar-refractivity contribution >= 4 is 11.6 Å². The first kappa shape index (κ1) is 12.1. The molecule has 0 radical (unpaired) electrons. The second-order valence-electron chi connectivity index (χ2n) is 3.36. The Balaban J connectivity index is 2.49. The van der Waals surface area contributed by atoms with E-state index < -0.39 is 0 Å². The number of hydrogen-bond acceptors (Lipinski definition) is 2. The Kier molecular flexibility index (Phi) is 5.22. The van der Waals surface area contributed by atoms with Gasteiger partial charge in [-0.25, -0.2) is 0 Å². The highest BCUT2D eigenvalue weighted by molar-refractivity contribution is 6.25. The summed E-state index contributed by atoms with van der Waals surface area (Å²) in [5, 5.41) is 8.74. The molecule has 1 N–H and O–H groups in total. The van der Waals surface area contributed by atoms with E-state index in [4.69, 9.17) is 21.4 Å². The van der Waals surface area contributed by atoms with Gasteiger partial charge in [-0.15, -0.1) is 0 Å². The molecule has 0 saturated heterocycles. The molecule has 0 heterocycles. The first-order chi connectivity index (χ1) is 7.26. The van der Waals surface area contributed by atoms with Gasteiger partial charge in [0.05, 0.1) is 0 Å². The predicted molar refractivity (Wildman–Crippen MR) is 62.3 cm³/mol. The third-order valence-corrected chi connectivity index (χ3v) is 2.35. The largest absolute Gasteiger partial charge is 0.489 e. The van der Waals surface area contributed by atoms with E-state index in [-0.39, 0.29) is 6.61 Å². The molecule has 0 bridgehead atoms. The maximum atomic E-state index is 8.74. The number of aliphatic hydroxyl groups is 1. The van der Waals surface area contributed by atoms with Crippen molar-refractivity contribution in [2.24, 2.45) is 0 Å². The maximum Gasteiger partial charge on any atom is 0.119 e. The van der Waals surface area contributed by atoms with Crippen molar-refractivity contribution in [1.29, 1.82) is 0 Å². The Hall–Kier alpha value is -0.990. The van der Waals surface area contributed by atoms with E-state index in [0.717, 1.165) is 16.9 Å². The van der Waals surface area contributed by atoms with Crippen LogP contribution in [0.15, 0.2) is 35.4 Å². The molecule has 0 unspecified atom stereocenters. The van der Waals surface area contributed by atoms with Gasteiger partial charge in [0.2, 0.25) is 0 Å². The SMILES string of the molecule is C/C(=C/Cl)COc1ccc(CCO)cc1. The van der Waals surface area contributed by atoms with Crippen LogP contribution < -0.4 is 4.74 Å². The van der Waals surface area contributed by atoms with E-state index in [1.807, 2.05) is 31.2 Å². The fourth-order valence-electron chi connectivity index (χ4n) is 1.11. The number of rotatable bonds is 5. The van der Waals surface area contributed by atoms with Gasteiger partial charge in [0.1, 0.15) is 12.4 Å². The second kappa shape index (κ2) is 6.49. The fourth-order valence-corrected chi connectivity index (χ4v) is 1.17. The van der Waals surface area contributed by atoms with Crippen molar-refractivity contribution < 1.29 is 9.84 Å². The van der Waals surface area contributed by atoms with Gasteiger partial charge in [-0.2, -0.15) is 0 Å². The first-order valence-electron chi connectivity index (χ1n) is 4.84. The van der Waals surface area contributed by atoms with E-state index in [0.29, 0.717) is 13.0 Å². The summed E-state index contributed by atoms with van der Waals surface area (Å²) in [5.41, 5.74) is 3.60. The van der Waals surface area contributed by atoms with Crippen LogP contribution in [0.25, 0.3) is 0 Å². The monoisotopic (exact) mass is 226 g/mol. The smallest absolute Gasteiger partial charge is 0.119 e.